The van der Waals surface area contributed by atoms with Gasteiger partial charge in [0.25, 0.3) is 5.69 Å². The van der Waals surface area contributed by atoms with Crippen LogP contribution < -0.4 is 4.74 Å². The zero-order valence-corrected chi connectivity index (χ0v) is 11.1. The minimum atomic E-state index is -0.802. The van der Waals surface area contributed by atoms with Crippen LogP contribution in [0.15, 0.2) is 24.5 Å². The van der Waals surface area contributed by atoms with Crippen molar-refractivity contribution in [2.75, 3.05) is 0 Å². The first-order valence-electron chi connectivity index (χ1n) is 5.51. The molecular weight excluding hydrogens is 289 g/mol. The summed E-state index contributed by atoms with van der Waals surface area (Å²) in [6, 6.07) is 2.11. The molecule has 0 saturated carbocycles. The third-order valence-electron chi connectivity index (χ3n) is 2.50. The highest BCUT2D eigenvalue weighted by atomic mass is 35.5. The Morgan fingerprint density at radius 3 is 2.75 bits per heavy atom. The van der Waals surface area contributed by atoms with Crippen LogP contribution in [0.25, 0.3) is 0 Å². The second-order valence-electron chi connectivity index (χ2n) is 3.95. The topological polar surface area (TPSA) is 78.2 Å². The molecule has 0 aliphatic carbocycles. The molecular formula is C12H9ClFN3O3. The Balaban J connectivity index is 2.16. The summed E-state index contributed by atoms with van der Waals surface area (Å²) < 4.78 is 18.9. The largest absolute Gasteiger partial charge is 0.484 e. The average Bonchev–Trinajstić information content (AvgIpc) is 2.41. The number of halogens is 2. The van der Waals surface area contributed by atoms with Gasteiger partial charge < -0.3 is 4.74 Å². The van der Waals surface area contributed by atoms with E-state index in [1.807, 2.05) is 0 Å². The summed E-state index contributed by atoms with van der Waals surface area (Å²) in [6.07, 6.45) is 2.75. The maximum atomic E-state index is 13.7. The van der Waals surface area contributed by atoms with Crippen molar-refractivity contribution in [1.29, 1.82) is 0 Å². The molecule has 20 heavy (non-hydrogen) atoms. The molecule has 6 nitrogen and oxygen atoms in total. The van der Waals surface area contributed by atoms with Crippen LogP contribution in [0.2, 0.25) is 5.15 Å². The highest BCUT2D eigenvalue weighted by Gasteiger charge is 2.16. The van der Waals surface area contributed by atoms with E-state index in [0.717, 1.165) is 6.07 Å². The van der Waals surface area contributed by atoms with E-state index >= 15 is 0 Å². The van der Waals surface area contributed by atoms with Gasteiger partial charge in [-0.2, -0.15) is 0 Å². The second kappa shape index (κ2) is 5.79. The number of rotatable bonds is 4. The monoisotopic (exact) mass is 297 g/mol. The lowest BCUT2D eigenvalue weighted by Crippen LogP contribution is -2.02. The normalized spacial score (nSPS) is 10.3. The van der Waals surface area contributed by atoms with Gasteiger partial charge in [-0.15, -0.1) is 0 Å². The average molecular weight is 298 g/mol. The molecule has 1 heterocycles. The Kier molecular flexibility index (Phi) is 4.09. The molecule has 0 unspecified atom stereocenters. The first-order chi connectivity index (χ1) is 9.47. The van der Waals surface area contributed by atoms with Gasteiger partial charge in [-0.05, 0) is 13.0 Å². The maximum absolute atomic E-state index is 13.7. The molecule has 0 aliphatic rings. The van der Waals surface area contributed by atoms with Crippen LogP contribution in [-0.4, -0.2) is 14.9 Å². The third kappa shape index (κ3) is 3.18. The van der Waals surface area contributed by atoms with E-state index in [2.05, 4.69) is 9.97 Å². The smallest absolute Gasteiger partial charge is 0.275 e. The highest BCUT2D eigenvalue weighted by molar-refractivity contribution is 6.29. The molecule has 0 fully saturated rings. The lowest BCUT2D eigenvalue weighted by atomic mass is 10.2. The Labute approximate surface area is 118 Å². The molecule has 0 aliphatic heterocycles. The lowest BCUT2D eigenvalue weighted by Gasteiger charge is -2.08. The number of benzene rings is 1. The van der Waals surface area contributed by atoms with E-state index in [-0.39, 0.29) is 23.2 Å². The molecule has 0 spiro atoms. The van der Waals surface area contributed by atoms with Gasteiger partial charge in [0.1, 0.15) is 11.8 Å². The van der Waals surface area contributed by atoms with E-state index in [1.54, 1.807) is 0 Å². The molecule has 2 aromatic rings. The highest BCUT2D eigenvalue weighted by Crippen LogP contribution is 2.27. The predicted octanol–water partition coefficient (Wildman–Crippen LogP) is 3.06. The van der Waals surface area contributed by atoms with Crippen molar-refractivity contribution in [3.8, 4) is 5.75 Å². The molecule has 104 valence electrons. The summed E-state index contributed by atoms with van der Waals surface area (Å²) in [5, 5.41) is 10.9. The summed E-state index contributed by atoms with van der Waals surface area (Å²) in [6.45, 7) is 1.49. The fraction of sp³-hybridized carbons (Fsp3) is 0.167. The molecule has 0 N–H and O–H groups in total. The number of nitrogens with zero attached hydrogens (tertiary/aromatic N) is 3. The molecule has 1 aromatic carbocycles. The zero-order chi connectivity index (χ0) is 14.7. The fourth-order valence-electron chi connectivity index (χ4n) is 1.52. The first kappa shape index (κ1) is 14.1. The Morgan fingerprint density at radius 1 is 1.40 bits per heavy atom. The first-order valence-corrected chi connectivity index (χ1v) is 5.89. The van der Waals surface area contributed by atoms with Gasteiger partial charge in [-0.1, -0.05) is 11.6 Å². The van der Waals surface area contributed by atoms with Gasteiger partial charge in [0, 0.05) is 5.56 Å². The van der Waals surface area contributed by atoms with Gasteiger partial charge >= 0.3 is 0 Å². The van der Waals surface area contributed by atoms with Gasteiger partial charge in [-0.25, -0.2) is 9.37 Å². The molecule has 0 bridgehead atoms. The number of nitro groups is 1. The Morgan fingerprint density at radius 2 is 2.15 bits per heavy atom. The van der Waals surface area contributed by atoms with E-state index < -0.39 is 10.7 Å². The number of aromatic nitrogens is 2. The number of aryl methyl sites for hydroxylation is 1. The third-order valence-corrected chi connectivity index (χ3v) is 2.69. The number of ether oxygens (including phenoxy) is 1. The van der Waals surface area contributed by atoms with Crippen LogP contribution in [0.3, 0.4) is 0 Å². The second-order valence-corrected chi connectivity index (χ2v) is 4.33. The van der Waals surface area contributed by atoms with E-state index in [9.17, 15) is 14.5 Å². The van der Waals surface area contributed by atoms with E-state index in [1.165, 1.54) is 25.4 Å². The van der Waals surface area contributed by atoms with Crippen LogP contribution in [0.5, 0.6) is 5.75 Å². The van der Waals surface area contributed by atoms with Crippen LogP contribution >= 0.6 is 11.6 Å². The molecule has 2 rings (SSSR count). The summed E-state index contributed by atoms with van der Waals surface area (Å²) in [5.41, 5.74) is 0.486. The van der Waals surface area contributed by atoms with Gasteiger partial charge in [-0.3, -0.25) is 15.1 Å². The van der Waals surface area contributed by atoms with Gasteiger partial charge in [0.05, 0.1) is 29.1 Å². The van der Waals surface area contributed by atoms with Crippen molar-refractivity contribution in [2.45, 2.75) is 13.5 Å². The van der Waals surface area contributed by atoms with Crippen molar-refractivity contribution in [2.24, 2.45) is 0 Å². The molecule has 8 heteroatoms. The van der Waals surface area contributed by atoms with Crippen molar-refractivity contribution < 1.29 is 14.1 Å². The summed E-state index contributed by atoms with van der Waals surface area (Å²) in [5.74, 6) is -0.880. The van der Waals surface area contributed by atoms with Crippen molar-refractivity contribution in [1.82, 2.24) is 9.97 Å². The Hall–Kier alpha value is -2.28. The minimum Gasteiger partial charge on any atom is -0.484 e. The molecule has 0 radical (unpaired) electrons. The SMILES string of the molecule is Cc1cc(OCc2cnc(Cl)cn2)c(F)cc1[N+](=O)[O-]. The number of nitro benzene ring substituents is 1. The molecule has 1 aromatic heterocycles. The van der Waals surface area contributed by atoms with Crippen LogP contribution in [-0.2, 0) is 6.61 Å². The van der Waals surface area contributed by atoms with Gasteiger partial charge in [0.15, 0.2) is 11.6 Å². The van der Waals surface area contributed by atoms with Gasteiger partial charge in [0.2, 0.25) is 0 Å². The lowest BCUT2D eigenvalue weighted by molar-refractivity contribution is -0.385. The van der Waals surface area contributed by atoms with Crippen LogP contribution in [0.4, 0.5) is 10.1 Å². The fourth-order valence-corrected chi connectivity index (χ4v) is 1.61. The molecule has 0 saturated heterocycles. The van der Waals surface area contributed by atoms with Crippen LogP contribution in [0, 0.1) is 22.9 Å². The van der Waals surface area contributed by atoms with Crippen molar-refractivity contribution >= 4 is 17.3 Å². The van der Waals surface area contributed by atoms with Crippen molar-refractivity contribution in [3.63, 3.8) is 0 Å². The van der Waals surface area contributed by atoms with E-state index in [0.29, 0.717) is 11.3 Å². The summed E-state index contributed by atoms with van der Waals surface area (Å²) >= 11 is 5.58. The molecule has 0 atom stereocenters. The summed E-state index contributed by atoms with van der Waals surface area (Å²) in [4.78, 5) is 17.8. The quantitative estimate of drug-likeness (QED) is 0.640. The van der Waals surface area contributed by atoms with Crippen LogP contribution in [0.1, 0.15) is 11.3 Å². The number of hydrogen-bond donors (Lipinski definition) is 0. The maximum Gasteiger partial charge on any atom is 0.275 e. The van der Waals surface area contributed by atoms with E-state index in [4.69, 9.17) is 16.3 Å². The minimum absolute atomic E-state index is 0.0155. The molecule has 0 amide bonds. The zero-order valence-electron chi connectivity index (χ0n) is 10.3. The number of hydrogen-bond acceptors (Lipinski definition) is 5. The predicted molar refractivity (Wildman–Crippen MR) is 69.2 cm³/mol. The standard InChI is InChI=1S/C12H9ClFN3O3/c1-7-2-11(9(14)3-10(7)17(18)19)20-6-8-4-16-12(13)5-15-8/h2-5H,6H2,1H3. The summed E-state index contributed by atoms with van der Waals surface area (Å²) in [7, 11) is 0. The Bertz CT molecular complexity index is 649. The van der Waals surface area contributed by atoms with Crippen molar-refractivity contribution in [3.05, 3.63) is 56.9 Å².